The van der Waals surface area contributed by atoms with Crippen LogP contribution in [0.4, 0.5) is 0 Å². The normalized spacial score (nSPS) is 12.7. The highest BCUT2D eigenvalue weighted by molar-refractivity contribution is 9.11. The molecule has 20 heavy (non-hydrogen) atoms. The van der Waals surface area contributed by atoms with E-state index >= 15 is 0 Å². The van der Waals surface area contributed by atoms with Crippen molar-refractivity contribution in [3.05, 3.63) is 59.1 Å². The van der Waals surface area contributed by atoms with Gasteiger partial charge in [0.05, 0.1) is 6.10 Å². The predicted molar refractivity (Wildman–Crippen MR) is 91.2 cm³/mol. The van der Waals surface area contributed by atoms with E-state index in [1.165, 1.54) is 49.7 Å². The highest BCUT2D eigenvalue weighted by atomic mass is 79.9. The van der Waals surface area contributed by atoms with Crippen LogP contribution in [0.2, 0.25) is 0 Å². The lowest BCUT2D eigenvalue weighted by molar-refractivity contribution is 0.143. The average Bonchev–Trinajstić information content (AvgIpc) is 2.49. The molecule has 0 spiro atoms. The van der Waals surface area contributed by atoms with Gasteiger partial charge in [-0.3, -0.25) is 0 Å². The van der Waals surface area contributed by atoms with Gasteiger partial charge in [-0.05, 0) is 41.8 Å². The number of aryl methyl sites for hydroxylation is 1. The Morgan fingerprint density at radius 2 is 1.85 bits per heavy atom. The number of methoxy groups -OCH3 is 1. The fraction of sp³-hybridized carbons (Fsp3) is 0.444. The van der Waals surface area contributed by atoms with Gasteiger partial charge in [0, 0.05) is 7.11 Å². The van der Waals surface area contributed by atoms with Gasteiger partial charge in [0.1, 0.15) is 0 Å². The molecule has 0 radical (unpaired) electrons. The molecule has 1 aromatic carbocycles. The van der Waals surface area contributed by atoms with Gasteiger partial charge in [-0.25, -0.2) is 0 Å². The molecule has 0 fully saturated rings. The molecule has 110 valence electrons. The Hall–Kier alpha value is -0.860. The van der Waals surface area contributed by atoms with E-state index < -0.39 is 0 Å². The Balaban J connectivity index is 2.26. The van der Waals surface area contributed by atoms with Crippen molar-refractivity contribution in [2.75, 3.05) is 7.11 Å². The summed E-state index contributed by atoms with van der Waals surface area (Å²) in [7, 11) is 1.71. The molecular weight excluding hydrogens is 312 g/mol. The van der Waals surface area contributed by atoms with Gasteiger partial charge in [-0.1, -0.05) is 65.2 Å². The van der Waals surface area contributed by atoms with Crippen molar-refractivity contribution >= 4 is 15.9 Å². The zero-order chi connectivity index (χ0) is 14.6. The van der Waals surface area contributed by atoms with Crippen molar-refractivity contribution in [1.82, 2.24) is 0 Å². The summed E-state index contributed by atoms with van der Waals surface area (Å²) < 4.78 is 5.34. The third-order valence-electron chi connectivity index (χ3n) is 3.45. The van der Waals surface area contributed by atoms with Crippen LogP contribution in [0.1, 0.15) is 49.3 Å². The zero-order valence-corrected chi connectivity index (χ0v) is 13.9. The lowest BCUT2D eigenvalue weighted by Crippen LogP contribution is -1.97. The number of halogens is 1. The first kappa shape index (κ1) is 17.2. The molecule has 0 amide bonds. The van der Waals surface area contributed by atoms with Crippen LogP contribution in [0.25, 0.3) is 0 Å². The van der Waals surface area contributed by atoms with Gasteiger partial charge in [0.2, 0.25) is 0 Å². The quantitative estimate of drug-likeness (QED) is 0.378. The molecule has 0 aliphatic rings. The molecule has 0 bridgehead atoms. The van der Waals surface area contributed by atoms with E-state index in [4.69, 9.17) is 4.74 Å². The van der Waals surface area contributed by atoms with Gasteiger partial charge in [0.15, 0.2) is 0 Å². The van der Waals surface area contributed by atoms with Crippen molar-refractivity contribution in [3.63, 3.8) is 0 Å². The maximum atomic E-state index is 5.34. The molecule has 1 unspecified atom stereocenters. The third kappa shape index (κ3) is 6.53. The number of rotatable bonds is 10. The molecule has 0 heterocycles. The molecule has 1 rings (SSSR count). The number of ether oxygens (including phenoxy) is 1. The molecule has 2 heteroatoms. The van der Waals surface area contributed by atoms with E-state index in [1.54, 1.807) is 7.11 Å². The van der Waals surface area contributed by atoms with E-state index in [0.717, 1.165) is 0 Å². The van der Waals surface area contributed by atoms with E-state index in [2.05, 4.69) is 52.9 Å². The topological polar surface area (TPSA) is 9.23 Å². The Bertz CT molecular complexity index is 394. The number of hydrogen-bond acceptors (Lipinski definition) is 1. The Morgan fingerprint density at radius 3 is 2.45 bits per heavy atom. The summed E-state index contributed by atoms with van der Waals surface area (Å²) in [5.74, 6) is 0. The minimum absolute atomic E-state index is 0.00605. The third-order valence-corrected chi connectivity index (χ3v) is 3.83. The molecule has 0 saturated carbocycles. The van der Waals surface area contributed by atoms with Crippen LogP contribution in [0.15, 0.2) is 48.0 Å². The van der Waals surface area contributed by atoms with E-state index in [1.807, 2.05) is 11.1 Å². The van der Waals surface area contributed by atoms with E-state index in [9.17, 15) is 0 Å². The fourth-order valence-corrected chi connectivity index (χ4v) is 2.51. The van der Waals surface area contributed by atoms with Crippen molar-refractivity contribution in [3.8, 4) is 0 Å². The second kappa shape index (κ2) is 10.9. The Kier molecular flexibility index (Phi) is 9.35. The first-order valence-electron chi connectivity index (χ1n) is 7.31. The summed E-state index contributed by atoms with van der Waals surface area (Å²) >= 11 is 3.29. The SMILES string of the molecule is C=CC(OC)c1ccc(CCCCCC/C=C/Br)cc1. The molecule has 0 aliphatic heterocycles. The van der Waals surface area contributed by atoms with Gasteiger partial charge in [-0.2, -0.15) is 0 Å². The second-order valence-electron chi connectivity index (χ2n) is 4.95. The highest BCUT2D eigenvalue weighted by Crippen LogP contribution is 2.19. The van der Waals surface area contributed by atoms with Crippen LogP contribution in [0, 0.1) is 0 Å². The molecule has 1 aromatic rings. The van der Waals surface area contributed by atoms with E-state index in [0.29, 0.717) is 0 Å². The minimum Gasteiger partial charge on any atom is -0.373 e. The molecule has 0 N–H and O–H groups in total. The Morgan fingerprint density at radius 1 is 1.15 bits per heavy atom. The van der Waals surface area contributed by atoms with Gasteiger partial charge in [-0.15, -0.1) is 6.58 Å². The standard InChI is InChI=1S/C18H25BrO/c1-3-18(20-2)17-13-11-16(12-14-17)10-8-6-4-5-7-9-15-19/h3,9,11-15,18H,1,4-8,10H2,2H3/b15-9+. The molecule has 0 aliphatic carbocycles. The first-order valence-corrected chi connectivity index (χ1v) is 8.22. The minimum atomic E-state index is 0.00605. The van der Waals surface area contributed by atoms with Crippen LogP contribution in [-0.2, 0) is 11.2 Å². The Labute approximate surface area is 131 Å². The maximum Gasteiger partial charge on any atom is 0.1000 e. The summed E-state index contributed by atoms with van der Waals surface area (Å²) in [6, 6.07) is 8.70. The van der Waals surface area contributed by atoms with Crippen LogP contribution in [0.5, 0.6) is 0 Å². The molecular formula is C18H25BrO. The summed E-state index contributed by atoms with van der Waals surface area (Å²) in [6.45, 7) is 3.79. The van der Waals surface area contributed by atoms with Crippen molar-refractivity contribution in [2.45, 2.75) is 44.6 Å². The van der Waals surface area contributed by atoms with Crippen molar-refractivity contribution < 1.29 is 4.74 Å². The lowest BCUT2D eigenvalue weighted by Gasteiger charge is -2.11. The highest BCUT2D eigenvalue weighted by Gasteiger charge is 2.04. The van der Waals surface area contributed by atoms with Crippen LogP contribution in [0.3, 0.4) is 0 Å². The monoisotopic (exact) mass is 336 g/mol. The fourth-order valence-electron chi connectivity index (χ4n) is 2.25. The average molecular weight is 337 g/mol. The first-order chi connectivity index (χ1) is 9.81. The molecule has 1 atom stereocenters. The number of unbranched alkanes of at least 4 members (excludes halogenated alkanes) is 4. The van der Waals surface area contributed by atoms with E-state index in [-0.39, 0.29) is 6.10 Å². The van der Waals surface area contributed by atoms with Gasteiger partial charge >= 0.3 is 0 Å². The van der Waals surface area contributed by atoms with Crippen molar-refractivity contribution in [1.29, 1.82) is 0 Å². The predicted octanol–water partition coefficient (Wildman–Crippen LogP) is 5.96. The number of allylic oxidation sites excluding steroid dienone is 1. The van der Waals surface area contributed by atoms with Crippen LogP contribution >= 0.6 is 15.9 Å². The zero-order valence-electron chi connectivity index (χ0n) is 12.4. The summed E-state index contributed by atoms with van der Waals surface area (Å²) in [6.07, 6.45) is 11.5. The smallest absolute Gasteiger partial charge is 0.1000 e. The summed E-state index contributed by atoms with van der Waals surface area (Å²) in [5, 5.41) is 0. The van der Waals surface area contributed by atoms with Crippen LogP contribution < -0.4 is 0 Å². The van der Waals surface area contributed by atoms with Gasteiger partial charge in [0.25, 0.3) is 0 Å². The molecule has 1 nitrogen and oxygen atoms in total. The molecule has 0 saturated heterocycles. The summed E-state index contributed by atoms with van der Waals surface area (Å²) in [4.78, 5) is 1.95. The number of hydrogen-bond donors (Lipinski definition) is 0. The maximum absolute atomic E-state index is 5.34. The largest absolute Gasteiger partial charge is 0.373 e. The summed E-state index contributed by atoms with van der Waals surface area (Å²) in [5.41, 5.74) is 2.58. The van der Waals surface area contributed by atoms with Crippen LogP contribution in [-0.4, -0.2) is 7.11 Å². The second-order valence-corrected chi connectivity index (χ2v) is 5.48. The van der Waals surface area contributed by atoms with Gasteiger partial charge < -0.3 is 4.74 Å². The lowest BCUT2D eigenvalue weighted by atomic mass is 10.0. The number of benzene rings is 1. The van der Waals surface area contributed by atoms with Crippen molar-refractivity contribution in [2.24, 2.45) is 0 Å². The molecule has 0 aromatic heterocycles.